The summed E-state index contributed by atoms with van der Waals surface area (Å²) in [6.45, 7) is 7.10. The highest BCUT2D eigenvalue weighted by atomic mass is 16.7. The summed E-state index contributed by atoms with van der Waals surface area (Å²) in [6, 6.07) is 0. The molecule has 0 saturated carbocycles. The maximum absolute atomic E-state index is 5.81. The number of ether oxygens (including phenoxy) is 2. The first-order valence-corrected chi connectivity index (χ1v) is 5.68. The van der Waals surface area contributed by atoms with E-state index < -0.39 is 0 Å². The Balaban J connectivity index is 1.75. The molecule has 2 fully saturated rings. The SMILES string of the molecule is CC1(C)OCC(CC2CCNCC2)O1. The number of rotatable bonds is 2. The van der Waals surface area contributed by atoms with Gasteiger partial charge < -0.3 is 14.8 Å². The zero-order chi connectivity index (χ0) is 10.0. The first kappa shape index (κ1) is 10.4. The predicted octanol–water partition coefficient (Wildman–Crippen LogP) is 1.53. The molecule has 1 unspecified atom stereocenters. The second-order valence-electron chi connectivity index (χ2n) is 4.88. The van der Waals surface area contributed by atoms with Gasteiger partial charge in [-0.2, -0.15) is 0 Å². The van der Waals surface area contributed by atoms with Gasteiger partial charge in [0.1, 0.15) is 0 Å². The summed E-state index contributed by atoms with van der Waals surface area (Å²) in [6.07, 6.45) is 4.08. The van der Waals surface area contributed by atoms with Crippen LogP contribution in [0.5, 0.6) is 0 Å². The van der Waals surface area contributed by atoms with Crippen molar-refractivity contribution in [3.63, 3.8) is 0 Å². The van der Waals surface area contributed by atoms with Crippen molar-refractivity contribution in [1.29, 1.82) is 0 Å². The van der Waals surface area contributed by atoms with Crippen LogP contribution in [0.3, 0.4) is 0 Å². The van der Waals surface area contributed by atoms with Crippen molar-refractivity contribution in [2.75, 3.05) is 19.7 Å². The minimum Gasteiger partial charge on any atom is -0.348 e. The topological polar surface area (TPSA) is 30.5 Å². The summed E-state index contributed by atoms with van der Waals surface area (Å²) < 4.78 is 11.4. The average molecular weight is 199 g/mol. The lowest BCUT2D eigenvalue weighted by Crippen LogP contribution is -2.30. The molecule has 3 heteroatoms. The van der Waals surface area contributed by atoms with Crippen molar-refractivity contribution in [3.8, 4) is 0 Å². The second kappa shape index (κ2) is 4.17. The molecule has 2 heterocycles. The molecule has 2 saturated heterocycles. The van der Waals surface area contributed by atoms with E-state index in [4.69, 9.17) is 9.47 Å². The van der Waals surface area contributed by atoms with E-state index in [1.165, 1.54) is 32.4 Å². The highest BCUT2D eigenvalue weighted by molar-refractivity contribution is 4.77. The van der Waals surface area contributed by atoms with Gasteiger partial charge in [0.2, 0.25) is 0 Å². The zero-order valence-corrected chi connectivity index (χ0v) is 9.21. The first-order chi connectivity index (χ1) is 6.66. The summed E-state index contributed by atoms with van der Waals surface area (Å²) in [4.78, 5) is 0. The molecule has 0 aromatic carbocycles. The summed E-state index contributed by atoms with van der Waals surface area (Å²) in [5, 5.41) is 3.38. The van der Waals surface area contributed by atoms with Crippen molar-refractivity contribution in [2.24, 2.45) is 5.92 Å². The fraction of sp³-hybridized carbons (Fsp3) is 1.00. The lowest BCUT2D eigenvalue weighted by molar-refractivity contribution is -0.140. The monoisotopic (exact) mass is 199 g/mol. The van der Waals surface area contributed by atoms with E-state index in [1.807, 2.05) is 13.8 Å². The largest absolute Gasteiger partial charge is 0.348 e. The molecule has 2 aliphatic heterocycles. The Labute approximate surface area is 86.2 Å². The van der Waals surface area contributed by atoms with E-state index in [0.717, 1.165) is 12.5 Å². The first-order valence-electron chi connectivity index (χ1n) is 5.68. The van der Waals surface area contributed by atoms with E-state index in [1.54, 1.807) is 0 Å². The maximum Gasteiger partial charge on any atom is 0.163 e. The molecule has 0 amide bonds. The molecule has 3 nitrogen and oxygen atoms in total. The summed E-state index contributed by atoms with van der Waals surface area (Å²) in [5.41, 5.74) is 0. The minimum absolute atomic E-state index is 0.327. The molecule has 1 N–H and O–H groups in total. The van der Waals surface area contributed by atoms with Crippen LogP contribution in [-0.4, -0.2) is 31.6 Å². The van der Waals surface area contributed by atoms with Gasteiger partial charge >= 0.3 is 0 Å². The Bertz CT molecular complexity index is 188. The van der Waals surface area contributed by atoms with Crippen LogP contribution in [0.1, 0.15) is 33.1 Å². The van der Waals surface area contributed by atoms with Gasteiger partial charge in [0, 0.05) is 0 Å². The van der Waals surface area contributed by atoms with Gasteiger partial charge in [0.05, 0.1) is 12.7 Å². The fourth-order valence-electron chi connectivity index (χ4n) is 2.37. The van der Waals surface area contributed by atoms with Gasteiger partial charge in [0.15, 0.2) is 5.79 Å². The number of piperidine rings is 1. The van der Waals surface area contributed by atoms with Crippen molar-refractivity contribution in [1.82, 2.24) is 5.32 Å². The molecule has 14 heavy (non-hydrogen) atoms. The van der Waals surface area contributed by atoms with Crippen LogP contribution in [-0.2, 0) is 9.47 Å². The van der Waals surface area contributed by atoms with Crippen LogP contribution in [0.4, 0.5) is 0 Å². The normalized spacial score (nSPS) is 33.4. The average Bonchev–Trinajstić information content (AvgIpc) is 2.47. The molecule has 0 spiro atoms. The van der Waals surface area contributed by atoms with Gasteiger partial charge in [-0.15, -0.1) is 0 Å². The van der Waals surface area contributed by atoms with Gasteiger partial charge in [0.25, 0.3) is 0 Å². The number of hydrogen-bond acceptors (Lipinski definition) is 3. The fourth-order valence-corrected chi connectivity index (χ4v) is 2.37. The molecule has 2 rings (SSSR count). The third kappa shape index (κ3) is 2.69. The van der Waals surface area contributed by atoms with Gasteiger partial charge in [-0.25, -0.2) is 0 Å². The molecule has 2 aliphatic rings. The lowest BCUT2D eigenvalue weighted by atomic mass is 9.92. The Morgan fingerprint density at radius 2 is 2.00 bits per heavy atom. The van der Waals surface area contributed by atoms with Crippen molar-refractivity contribution < 1.29 is 9.47 Å². The predicted molar refractivity (Wildman–Crippen MR) is 55.1 cm³/mol. The van der Waals surface area contributed by atoms with Crippen molar-refractivity contribution in [3.05, 3.63) is 0 Å². The Morgan fingerprint density at radius 3 is 2.57 bits per heavy atom. The zero-order valence-electron chi connectivity index (χ0n) is 9.21. The third-order valence-corrected chi connectivity index (χ3v) is 3.12. The summed E-state index contributed by atoms with van der Waals surface area (Å²) in [7, 11) is 0. The summed E-state index contributed by atoms with van der Waals surface area (Å²) >= 11 is 0. The standard InChI is InChI=1S/C11H21NO2/c1-11(2)13-8-10(14-11)7-9-3-5-12-6-4-9/h9-10,12H,3-8H2,1-2H3. The molecule has 1 atom stereocenters. The molecular weight excluding hydrogens is 178 g/mol. The van der Waals surface area contributed by atoms with Crippen LogP contribution < -0.4 is 5.32 Å². The van der Waals surface area contributed by atoms with E-state index in [-0.39, 0.29) is 5.79 Å². The van der Waals surface area contributed by atoms with Gasteiger partial charge in [-0.1, -0.05) is 0 Å². The minimum atomic E-state index is -0.350. The van der Waals surface area contributed by atoms with Crippen LogP contribution in [0.15, 0.2) is 0 Å². The highest BCUT2D eigenvalue weighted by Gasteiger charge is 2.33. The summed E-state index contributed by atoms with van der Waals surface area (Å²) in [5.74, 6) is 0.483. The molecule has 0 aromatic rings. The van der Waals surface area contributed by atoms with E-state index >= 15 is 0 Å². The number of nitrogens with one attached hydrogen (secondary N) is 1. The molecule has 0 aromatic heterocycles. The number of hydrogen-bond donors (Lipinski definition) is 1. The molecule has 0 radical (unpaired) electrons. The quantitative estimate of drug-likeness (QED) is 0.731. The van der Waals surface area contributed by atoms with E-state index in [2.05, 4.69) is 5.32 Å². The van der Waals surface area contributed by atoms with E-state index in [9.17, 15) is 0 Å². The highest BCUT2D eigenvalue weighted by Crippen LogP contribution is 2.28. The van der Waals surface area contributed by atoms with Crippen LogP contribution >= 0.6 is 0 Å². The van der Waals surface area contributed by atoms with Gasteiger partial charge in [-0.3, -0.25) is 0 Å². The Hall–Kier alpha value is -0.120. The van der Waals surface area contributed by atoms with Crippen molar-refractivity contribution >= 4 is 0 Å². The van der Waals surface area contributed by atoms with Crippen LogP contribution in [0.25, 0.3) is 0 Å². The molecule has 0 bridgehead atoms. The maximum atomic E-state index is 5.81. The smallest absolute Gasteiger partial charge is 0.163 e. The molecular formula is C11H21NO2. The lowest BCUT2D eigenvalue weighted by Gasteiger charge is -2.25. The van der Waals surface area contributed by atoms with Gasteiger partial charge in [-0.05, 0) is 52.1 Å². The molecule has 0 aliphatic carbocycles. The second-order valence-corrected chi connectivity index (χ2v) is 4.88. The van der Waals surface area contributed by atoms with Crippen LogP contribution in [0.2, 0.25) is 0 Å². The third-order valence-electron chi connectivity index (χ3n) is 3.12. The Morgan fingerprint density at radius 1 is 1.29 bits per heavy atom. The van der Waals surface area contributed by atoms with E-state index in [0.29, 0.717) is 6.10 Å². The van der Waals surface area contributed by atoms with Crippen molar-refractivity contribution in [2.45, 2.75) is 45.0 Å². The molecule has 82 valence electrons. The van der Waals surface area contributed by atoms with Crippen LogP contribution in [0, 0.1) is 5.92 Å². The Kier molecular flexibility index (Phi) is 3.10.